The lowest BCUT2D eigenvalue weighted by Gasteiger charge is -2.25. The first kappa shape index (κ1) is 21.6. The van der Waals surface area contributed by atoms with Crippen LogP contribution in [0.5, 0.6) is 0 Å². The average molecular weight is 423 g/mol. The molecule has 6 heteroatoms. The number of carbonyl (C=O) groups is 1. The smallest absolute Gasteiger partial charge is 0.264 e. The largest absolute Gasteiger partial charge is 0.348 e. The number of benzene rings is 3. The van der Waals surface area contributed by atoms with Gasteiger partial charge >= 0.3 is 0 Å². The standard InChI is InChI=1S/C24H26N2O3S/c1-3-23(20-16-14-19(2)15-17-20)25-24(27)18-26(21-10-6-4-7-11-21)30(28,29)22-12-8-5-9-13-22/h4-17,23H,3,18H2,1-2H3,(H,25,27)/t23-/m1/s1. The summed E-state index contributed by atoms with van der Waals surface area (Å²) < 4.78 is 27.7. The van der Waals surface area contributed by atoms with Gasteiger partial charge in [0, 0.05) is 0 Å². The molecule has 3 aromatic rings. The van der Waals surface area contributed by atoms with Gasteiger partial charge in [0.05, 0.1) is 16.6 Å². The van der Waals surface area contributed by atoms with Gasteiger partial charge in [-0.1, -0.05) is 73.2 Å². The molecule has 1 N–H and O–H groups in total. The Labute approximate surface area is 178 Å². The Kier molecular flexibility index (Phi) is 6.90. The van der Waals surface area contributed by atoms with Gasteiger partial charge in [-0.2, -0.15) is 0 Å². The fourth-order valence-electron chi connectivity index (χ4n) is 3.22. The van der Waals surface area contributed by atoms with Crippen molar-refractivity contribution in [3.8, 4) is 0 Å². The van der Waals surface area contributed by atoms with Crippen molar-refractivity contribution in [1.82, 2.24) is 5.32 Å². The molecule has 0 saturated carbocycles. The number of aryl methyl sites for hydroxylation is 1. The van der Waals surface area contributed by atoms with Crippen molar-refractivity contribution in [2.45, 2.75) is 31.2 Å². The van der Waals surface area contributed by atoms with E-state index in [0.29, 0.717) is 12.1 Å². The number of rotatable bonds is 8. The second-order valence-electron chi connectivity index (χ2n) is 7.10. The molecule has 0 fully saturated rings. The topological polar surface area (TPSA) is 66.5 Å². The van der Waals surface area contributed by atoms with E-state index in [9.17, 15) is 13.2 Å². The predicted octanol–water partition coefficient (Wildman–Crippen LogP) is 4.46. The predicted molar refractivity (Wildman–Crippen MR) is 120 cm³/mol. The number of amides is 1. The van der Waals surface area contributed by atoms with E-state index in [1.165, 1.54) is 12.1 Å². The van der Waals surface area contributed by atoms with Crippen LogP contribution in [0.15, 0.2) is 89.8 Å². The van der Waals surface area contributed by atoms with Crippen molar-refractivity contribution in [3.05, 3.63) is 96.1 Å². The van der Waals surface area contributed by atoms with Crippen LogP contribution in [0.4, 0.5) is 5.69 Å². The fourth-order valence-corrected chi connectivity index (χ4v) is 4.66. The number of nitrogens with one attached hydrogen (secondary N) is 1. The van der Waals surface area contributed by atoms with Crippen LogP contribution in [0.1, 0.15) is 30.5 Å². The highest BCUT2D eigenvalue weighted by atomic mass is 32.2. The normalized spacial score (nSPS) is 12.2. The molecule has 3 rings (SSSR count). The highest BCUT2D eigenvalue weighted by Gasteiger charge is 2.27. The van der Waals surface area contributed by atoms with Crippen molar-refractivity contribution in [2.24, 2.45) is 0 Å². The molecule has 1 amide bonds. The summed E-state index contributed by atoms with van der Waals surface area (Å²) >= 11 is 0. The number of nitrogens with zero attached hydrogens (tertiary/aromatic N) is 1. The van der Waals surface area contributed by atoms with Gasteiger partial charge in [0.25, 0.3) is 10.0 Å². The Hall–Kier alpha value is -3.12. The van der Waals surface area contributed by atoms with Crippen LogP contribution < -0.4 is 9.62 Å². The molecule has 0 bridgehead atoms. The zero-order valence-corrected chi connectivity index (χ0v) is 18.0. The Balaban J connectivity index is 1.86. The van der Waals surface area contributed by atoms with Crippen LogP contribution in [0.3, 0.4) is 0 Å². The molecule has 0 aliphatic heterocycles. The number of carbonyl (C=O) groups excluding carboxylic acids is 1. The van der Waals surface area contributed by atoms with Gasteiger partial charge in [-0.3, -0.25) is 9.10 Å². The Morgan fingerprint density at radius 2 is 1.47 bits per heavy atom. The monoisotopic (exact) mass is 422 g/mol. The molecule has 0 radical (unpaired) electrons. The first-order valence-electron chi connectivity index (χ1n) is 9.90. The van der Waals surface area contributed by atoms with Gasteiger partial charge in [0.1, 0.15) is 6.54 Å². The van der Waals surface area contributed by atoms with E-state index in [-0.39, 0.29) is 23.4 Å². The SMILES string of the molecule is CC[C@@H](NC(=O)CN(c1ccccc1)S(=O)(=O)c1ccccc1)c1ccc(C)cc1. The van der Waals surface area contributed by atoms with Crippen molar-refractivity contribution < 1.29 is 13.2 Å². The molecule has 1 atom stereocenters. The van der Waals surface area contributed by atoms with Gasteiger partial charge < -0.3 is 5.32 Å². The summed E-state index contributed by atoms with van der Waals surface area (Å²) in [5.41, 5.74) is 2.58. The second kappa shape index (κ2) is 9.59. The van der Waals surface area contributed by atoms with E-state index < -0.39 is 10.0 Å². The van der Waals surface area contributed by atoms with Crippen molar-refractivity contribution in [3.63, 3.8) is 0 Å². The quantitative estimate of drug-likeness (QED) is 0.583. The van der Waals surface area contributed by atoms with E-state index in [1.807, 2.05) is 38.1 Å². The highest BCUT2D eigenvalue weighted by molar-refractivity contribution is 7.92. The molecule has 0 aliphatic carbocycles. The molecule has 0 saturated heterocycles. The van der Waals surface area contributed by atoms with Crippen LogP contribution >= 0.6 is 0 Å². The van der Waals surface area contributed by atoms with E-state index in [4.69, 9.17) is 0 Å². The summed E-state index contributed by atoms with van der Waals surface area (Å²) in [6.07, 6.45) is 0.700. The summed E-state index contributed by atoms with van der Waals surface area (Å²) in [5.74, 6) is -0.356. The van der Waals surface area contributed by atoms with Crippen molar-refractivity contribution in [1.29, 1.82) is 0 Å². The lowest BCUT2D eigenvalue weighted by molar-refractivity contribution is -0.120. The molecule has 0 aromatic heterocycles. The zero-order valence-electron chi connectivity index (χ0n) is 17.2. The minimum Gasteiger partial charge on any atom is -0.348 e. The van der Waals surface area contributed by atoms with Gasteiger partial charge in [0.2, 0.25) is 5.91 Å². The lowest BCUT2D eigenvalue weighted by Crippen LogP contribution is -2.42. The number of hydrogen-bond acceptors (Lipinski definition) is 3. The maximum absolute atomic E-state index is 13.3. The first-order chi connectivity index (χ1) is 14.4. The number of sulfonamides is 1. The zero-order chi connectivity index (χ0) is 21.6. The number of hydrogen-bond donors (Lipinski definition) is 1. The second-order valence-corrected chi connectivity index (χ2v) is 8.96. The summed E-state index contributed by atoms with van der Waals surface area (Å²) in [6.45, 7) is 3.69. The fraction of sp³-hybridized carbons (Fsp3) is 0.208. The Bertz CT molecular complexity index is 1070. The molecule has 5 nitrogen and oxygen atoms in total. The summed E-state index contributed by atoms with van der Waals surface area (Å²) in [6, 6.07) is 24.6. The van der Waals surface area contributed by atoms with Crippen LogP contribution in [0.25, 0.3) is 0 Å². The molecular weight excluding hydrogens is 396 g/mol. The minimum atomic E-state index is -3.89. The maximum atomic E-state index is 13.3. The molecule has 0 heterocycles. The average Bonchev–Trinajstić information content (AvgIpc) is 2.77. The summed E-state index contributed by atoms with van der Waals surface area (Å²) in [4.78, 5) is 13.0. The third-order valence-corrected chi connectivity index (χ3v) is 6.67. The minimum absolute atomic E-state index is 0.146. The molecule has 0 spiro atoms. The van der Waals surface area contributed by atoms with Gasteiger partial charge in [-0.25, -0.2) is 8.42 Å². The number of para-hydroxylation sites is 1. The van der Waals surface area contributed by atoms with Crippen molar-refractivity contribution >= 4 is 21.6 Å². The van der Waals surface area contributed by atoms with Crippen LogP contribution in [0, 0.1) is 6.92 Å². The van der Waals surface area contributed by atoms with Crippen LogP contribution in [0.2, 0.25) is 0 Å². The van der Waals surface area contributed by atoms with Crippen molar-refractivity contribution in [2.75, 3.05) is 10.8 Å². The molecular formula is C24H26N2O3S. The molecule has 0 unspecified atom stereocenters. The van der Waals surface area contributed by atoms with E-state index in [2.05, 4.69) is 5.32 Å². The third kappa shape index (κ3) is 5.07. The van der Waals surface area contributed by atoms with Crippen LogP contribution in [-0.2, 0) is 14.8 Å². The molecule has 3 aromatic carbocycles. The van der Waals surface area contributed by atoms with Gasteiger partial charge in [0.15, 0.2) is 0 Å². The Morgan fingerprint density at radius 3 is 2.03 bits per heavy atom. The molecule has 156 valence electrons. The molecule has 0 aliphatic rings. The van der Waals surface area contributed by atoms with Crippen LogP contribution in [-0.4, -0.2) is 20.9 Å². The highest BCUT2D eigenvalue weighted by Crippen LogP contribution is 2.24. The van der Waals surface area contributed by atoms with E-state index in [1.54, 1.807) is 48.5 Å². The summed E-state index contributed by atoms with van der Waals surface area (Å²) in [5, 5.41) is 2.98. The lowest BCUT2D eigenvalue weighted by atomic mass is 10.0. The number of anilines is 1. The third-order valence-electron chi connectivity index (χ3n) is 4.89. The van der Waals surface area contributed by atoms with E-state index >= 15 is 0 Å². The van der Waals surface area contributed by atoms with Gasteiger partial charge in [-0.05, 0) is 43.2 Å². The van der Waals surface area contributed by atoms with Gasteiger partial charge in [-0.15, -0.1) is 0 Å². The Morgan fingerprint density at radius 1 is 0.900 bits per heavy atom. The van der Waals surface area contributed by atoms with E-state index in [0.717, 1.165) is 15.4 Å². The summed E-state index contributed by atoms with van der Waals surface area (Å²) in [7, 11) is -3.89. The first-order valence-corrected chi connectivity index (χ1v) is 11.3. The maximum Gasteiger partial charge on any atom is 0.264 e. The molecule has 30 heavy (non-hydrogen) atoms.